The van der Waals surface area contributed by atoms with Crippen molar-refractivity contribution < 1.29 is 9.59 Å². The van der Waals surface area contributed by atoms with Gasteiger partial charge in [0.25, 0.3) is 11.7 Å². The van der Waals surface area contributed by atoms with Gasteiger partial charge in [-0.05, 0) is 12.1 Å². The van der Waals surface area contributed by atoms with Crippen LogP contribution in [0.3, 0.4) is 0 Å². The normalized spacial score (nSPS) is 13.9. The summed E-state index contributed by atoms with van der Waals surface area (Å²) >= 11 is 0. The number of ketones is 1. The van der Waals surface area contributed by atoms with Crippen LogP contribution >= 0.6 is 0 Å². The van der Waals surface area contributed by atoms with Gasteiger partial charge in [0.05, 0.1) is 11.3 Å². The Hall–Kier alpha value is -1.84. The van der Waals surface area contributed by atoms with Gasteiger partial charge < -0.3 is 10.6 Å². The lowest BCUT2D eigenvalue weighted by Gasteiger charge is -2.03. The standard InChI is InChI=1S/C9H8N2O2/c1-10-5-3-2-4-6-7(5)8(12)9(13)11-6/h2-4,10H,1H3,(H,11,12,13). The molecule has 0 spiro atoms. The van der Waals surface area contributed by atoms with Crippen LogP contribution in [0.1, 0.15) is 10.4 Å². The molecule has 66 valence electrons. The molecular formula is C9H8N2O2. The lowest BCUT2D eigenvalue weighted by molar-refractivity contribution is -0.112. The molecule has 0 fully saturated rings. The van der Waals surface area contributed by atoms with Crippen LogP contribution in [0.25, 0.3) is 0 Å². The monoisotopic (exact) mass is 176 g/mol. The molecule has 0 saturated carbocycles. The average molecular weight is 176 g/mol. The molecule has 0 atom stereocenters. The fourth-order valence-electron chi connectivity index (χ4n) is 1.40. The van der Waals surface area contributed by atoms with Gasteiger partial charge in [0.2, 0.25) is 0 Å². The van der Waals surface area contributed by atoms with Gasteiger partial charge in [-0.2, -0.15) is 0 Å². The number of anilines is 2. The highest BCUT2D eigenvalue weighted by Gasteiger charge is 2.29. The maximum absolute atomic E-state index is 11.3. The number of carbonyl (C=O) groups is 2. The molecule has 0 bridgehead atoms. The van der Waals surface area contributed by atoms with E-state index in [2.05, 4.69) is 10.6 Å². The second-order valence-corrected chi connectivity index (χ2v) is 2.76. The van der Waals surface area contributed by atoms with Crippen molar-refractivity contribution in [3.63, 3.8) is 0 Å². The number of amides is 1. The van der Waals surface area contributed by atoms with Crippen molar-refractivity contribution in [1.82, 2.24) is 0 Å². The summed E-state index contributed by atoms with van der Waals surface area (Å²) in [7, 11) is 1.71. The molecule has 2 N–H and O–H groups in total. The summed E-state index contributed by atoms with van der Waals surface area (Å²) in [5.41, 5.74) is 1.71. The molecule has 2 rings (SSSR count). The fourth-order valence-corrected chi connectivity index (χ4v) is 1.40. The van der Waals surface area contributed by atoms with Gasteiger partial charge in [0, 0.05) is 12.7 Å². The summed E-state index contributed by atoms with van der Waals surface area (Å²) in [6.07, 6.45) is 0. The van der Waals surface area contributed by atoms with Crippen LogP contribution in [-0.4, -0.2) is 18.7 Å². The topological polar surface area (TPSA) is 58.2 Å². The number of carbonyl (C=O) groups excluding carboxylic acids is 2. The molecule has 4 nitrogen and oxygen atoms in total. The Kier molecular flexibility index (Phi) is 1.55. The molecule has 4 heteroatoms. The maximum atomic E-state index is 11.3. The Balaban J connectivity index is 2.64. The number of fused-ring (bicyclic) bond motifs is 1. The van der Waals surface area contributed by atoms with Crippen molar-refractivity contribution in [1.29, 1.82) is 0 Å². The number of rotatable bonds is 1. The summed E-state index contributed by atoms with van der Waals surface area (Å²) in [6.45, 7) is 0. The lowest BCUT2D eigenvalue weighted by atomic mass is 10.1. The highest BCUT2D eigenvalue weighted by molar-refractivity contribution is 6.52. The van der Waals surface area contributed by atoms with E-state index in [0.29, 0.717) is 16.9 Å². The molecule has 1 aromatic rings. The summed E-state index contributed by atoms with van der Waals surface area (Å²) in [6, 6.07) is 5.25. The van der Waals surface area contributed by atoms with Crippen molar-refractivity contribution in [2.24, 2.45) is 0 Å². The highest BCUT2D eigenvalue weighted by Crippen LogP contribution is 2.29. The number of nitrogens with one attached hydrogen (secondary N) is 2. The van der Waals surface area contributed by atoms with Crippen LogP contribution in [0, 0.1) is 0 Å². The first-order valence-corrected chi connectivity index (χ1v) is 3.90. The van der Waals surface area contributed by atoms with E-state index in [4.69, 9.17) is 0 Å². The van der Waals surface area contributed by atoms with Crippen LogP contribution < -0.4 is 10.6 Å². The van der Waals surface area contributed by atoms with Gasteiger partial charge in [-0.25, -0.2) is 0 Å². The molecule has 1 amide bonds. The Morgan fingerprint density at radius 1 is 1.31 bits per heavy atom. The SMILES string of the molecule is CNc1cccc2c1C(=O)C(=O)N2. The van der Waals surface area contributed by atoms with Gasteiger partial charge in [-0.3, -0.25) is 9.59 Å². The Morgan fingerprint density at radius 3 is 2.77 bits per heavy atom. The van der Waals surface area contributed by atoms with E-state index < -0.39 is 11.7 Å². The zero-order valence-electron chi connectivity index (χ0n) is 7.05. The summed E-state index contributed by atoms with van der Waals surface area (Å²) in [5.74, 6) is -1.03. The van der Waals surface area contributed by atoms with Crippen LogP contribution in [0.15, 0.2) is 18.2 Å². The zero-order valence-corrected chi connectivity index (χ0v) is 7.05. The minimum atomic E-state index is -0.558. The molecule has 0 radical (unpaired) electrons. The van der Waals surface area contributed by atoms with Gasteiger partial charge >= 0.3 is 0 Å². The average Bonchev–Trinajstić information content (AvgIpc) is 2.43. The second-order valence-electron chi connectivity index (χ2n) is 2.76. The predicted molar refractivity (Wildman–Crippen MR) is 48.9 cm³/mol. The molecule has 1 heterocycles. The van der Waals surface area contributed by atoms with E-state index in [1.165, 1.54) is 0 Å². The van der Waals surface area contributed by atoms with Crippen LogP contribution in [-0.2, 0) is 4.79 Å². The van der Waals surface area contributed by atoms with Crippen molar-refractivity contribution >= 4 is 23.1 Å². The minimum Gasteiger partial charge on any atom is -0.387 e. The van der Waals surface area contributed by atoms with E-state index in [9.17, 15) is 9.59 Å². The molecule has 0 unspecified atom stereocenters. The van der Waals surface area contributed by atoms with Gasteiger partial charge in [0.15, 0.2) is 0 Å². The number of hydrogen-bond acceptors (Lipinski definition) is 3. The van der Waals surface area contributed by atoms with E-state index in [0.717, 1.165) is 0 Å². The summed E-state index contributed by atoms with van der Waals surface area (Å²) in [4.78, 5) is 22.3. The molecule has 1 aliphatic rings. The summed E-state index contributed by atoms with van der Waals surface area (Å²) in [5, 5.41) is 5.36. The Labute approximate surface area is 74.9 Å². The molecule has 13 heavy (non-hydrogen) atoms. The third-order valence-electron chi connectivity index (χ3n) is 2.02. The van der Waals surface area contributed by atoms with E-state index in [1.54, 1.807) is 25.2 Å². The van der Waals surface area contributed by atoms with E-state index >= 15 is 0 Å². The van der Waals surface area contributed by atoms with Gasteiger partial charge in [-0.1, -0.05) is 6.07 Å². The Bertz CT molecular complexity index is 399. The van der Waals surface area contributed by atoms with Crippen molar-refractivity contribution in [3.05, 3.63) is 23.8 Å². The van der Waals surface area contributed by atoms with Crippen LogP contribution in [0.5, 0.6) is 0 Å². The van der Waals surface area contributed by atoms with E-state index in [1.807, 2.05) is 0 Å². The second kappa shape index (κ2) is 2.58. The molecule has 0 aromatic heterocycles. The first kappa shape index (κ1) is 7.79. The zero-order chi connectivity index (χ0) is 9.42. The quantitative estimate of drug-likeness (QED) is 0.624. The third kappa shape index (κ3) is 0.989. The van der Waals surface area contributed by atoms with Crippen LogP contribution in [0.2, 0.25) is 0 Å². The number of hydrogen-bond donors (Lipinski definition) is 2. The number of Topliss-reactive ketones (excluding diaryl/α,β-unsaturated/α-hetero) is 1. The molecule has 0 saturated heterocycles. The molecular weight excluding hydrogens is 168 g/mol. The maximum Gasteiger partial charge on any atom is 0.296 e. The fraction of sp³-hybridized carbons (Fsp3) is 0.111. The molecule has 1 aromatic carbocycles. The highest BCUT2D eigenvalue weighted by atomic mass is 16.2. The smallest absolute Gasteiger partial charge is 0.296 e. The van der Waals surface area contributed by atoms with Crippen molar-refractivity contribution in [3.8, 4) is 0 Å². The van der Waals surface area contributed by atoms with Crippen LogP contribution in [0.4, 0.5) is 11.4 Å². The first-order chi connectivity index (χ1) is 6.24. The molecule has 1 aliphatic heterocycles. The van der Waals surface area contributed by atoms with E-state index in [-0.39, 0.29) is 0 Å². The Morgan fingerprint density at radius 2 is 2.08 bits per heavy atom. The van der Waals surface area contributed by atoms with Gasteiger partial charge in [0.1, 0.15) is 0 Å². The minimum absolute atomic E-state index is 0.440. The summed E-state index contributed by atoms with van der Waals surface area (Å²) < 4.78 is 0. The first-order valence-electron chi connectivity index (χ1n) is 3.90. The van der Waals surface area contributed by atoms with Gasteiger partial charge in [-0.15, -0.1) is 0 Å². The van der Waals surface area contributed by atoms with Crippen molar-refractivity contribution in [2.45, 2.75) is 0 Å². The van der Waals surface area contributed by atoms with Crippen molar-refractivity contribution in [2.75, 3.05) is 17.7 Å². The number of benzene rings is 1. The lowest BCUT2D eigenvalue weighted by Crippen LogP contribution is -2.13. The third-order valence-corrected chi connectivity index (χ3v) is 2.02. The molecule has 0 aliphatic carbocycles. The predicted octanol–water partition coefficient (Wildman–Crippen LogP) is 0.863. The largest absolute Gasteiger partial charge is 0.387 e.